The first-order chi connectivity index (χ1) is 11.8. The van der Waals surface area contributed by atoms with E-state index in [1.54, 1.807) is 12.4 Å². The van der Waals surface area contributed by atoms with Crippen LogP contribution in [0.4, 0.5) is 4.79 Å². The first-order valence-corrected chi connectivity index (χ1v) is 9.45. The minimum atomic E-state index is 0.161. The Balaban J connectivity index is 1.35. The number of carbonyl (C=O) groups is 1. The molecule has 2 unspecified atom stereocenters. The van der Waals surface area contributed by atoms with Crippen molar-refractivity contribution < 1.29 is 9.53 Å². The number of hydrogen-bond acceptors (Lipinski definition) is 3. The number of nitrogens with zero attached hydrogens (tertiary/aromatic N) is 2. The van der Waals surface area contributed by atoms with Crippen molar-refractivity contribution in [1.29, 1.82) is 0 Å². The van der Waals surface area contributed by atoms with Gasteiger partial charge in [0, 0.05) is 37.2 Å². The first-order valence-electron chi connectivity index (χ1n) is 9.45. The third-order valence-corrected chi connectivity index (χ3v) is 5.79. The predicted octanol–water partition coefficient (Wildman–Crippen LogP) is 3.50. The summed E-state index contributed by atoms with van der Waals surface area (Å²) in [6.07, 6.45) is 13.9. The topological polar surface area (TPSA) is 54.5 Å². The molecule has 2 amide bonds. The van der Waals surface area contributed by atoms with Gasteiger partial charge in [-0.1, -0.05) is 19.3 Å². The van der Waals surface area contributed by atoms with E-state index in [2.05, 4.69) is 15.2 Å². The minimum Gasteiger partial charge on any atom is -0.489 e. The van der Waals surface area contributed by atoms with Crippen LogP contribution < -0.4 is 10.1 Å². The van der Waals surface area contributed by atoms with Gasteiger partial charge in [-0.25, -0.2) is 4.79 Å². The normalized spacial score (nSPS) is 30.2. The second-order valence-corrected chi connectivity index (χ2v) is 7.48. The lowest BCUT2D eigenvalue weighted by atomic mass is 9.95. The van der Waals surface area contributed by atoms with Crippen LogP contribution in [0.2, 0.25) is 0 Å². The van der Waals surface area contributed by atoms with Crippen molar-refractivity contribution in [3.8, 4) is 5.75 Å². The summed E-state index contributed by atoms with van der Waals surface area (Å²) in [7, 11) is 0. The molecule has 3 aliphatic rings. The van der Waals surface area contributed by atoms with Crippen LogP contribution in [0.5, 0.6) is 5.75 Å². The van der Waals surface area contributed by atoms with E-state index in [9.17, 15) is 4.79 Å². The number of fused-ring (bicyclic) bond motifs is 2. The lowest BCUT2D eigenvalue weighted by Gasteiger charge is -2.39. The standard InChI is InChI=1S/C19H27N3O2/c23-19(21-14-5-2-1-3-6-14)22-15-8-9-16(22)12-18(11-15)24-17-7-4-10-20-13-17/h4,7,10,13-16,18H,1-3,5-6,8-9,11-12H2,(H,21,23). The number of rotatable bonds is 3. The zero-order chi connectivity index (χ0) is 16.4. The van der Waals surface area contributed by atoms with Gasteiger partial charge in [0.15, 0.2) is 0 Å². The van der Waals surface area contributed by atoms with Crippen LogP contribution in [0.25, 0.3) is 0 Å². The fourth-order valence-electron chi connectivity index (χ4n) is 4.66. The Kier molecular flexibility index (Phi) is 4.58. The van der Waals surface area contributed by atoms with Gasteiger partial charge in [-0.05, 0) is 37.8 Å². The third kappa shape index (κ3) is 3.35. The lowest BCUT2D eigenvalue weighted by molar-refractivity contribution is 0.0670. The van der Waals surface area contributed by atoms with Gasteiger partial charge in [-0.15, -0.1) is 0 Å². The molecule has 1 aliphatic carbocycles. The van der Waals surface area contributed by atoms with Crippen LogP contribution in [0.1, 0.15) is 57.8 Å². The Morgan fingerprint density at radius 1 is 1.12 bits per heavy atom. The molecule has 3 heterocycles. The van der Waals surface area contributed by atoms with Gasteiger partial charge in [-0.2, -0.15) is 0 Å². The van der Waals surface area contributed by atoms with E-state index >= 15 is 0 Å². The summed E-state index contributed by atoms with van der Waals surface area (Å²) in [6.45, 7) is 0. The van der Waals surface area contributed by atoms with Gasteiger partial charge < -0.3 is 15.0 Å². The Morgan fingerprint density at radius 3 is 2.54 bits per heavy atom. The molecule has 24 heavy (non-hydrogen) atoms. The maximum Gasteiger partial charge on any atom is 0.318 e. The highest BCUT2D eigenvalue weighted by molar-refractivity contribution is 5.75. The maximum absolute atomic E-state index is 12.8. The van der Waals surface area contributed by atoms with Gasteiger partial charge in [0.1, 0.15) is 11.9 Å². The molecule has 130 valence electrons. The van der Waals surface area contributed by atoms with E-state index in [1.165, 1.54) is 19.3 Å². The number of hydrogen-bond donors (Lipinski definition) is 1. The van der Waals surface area contributed by atoms with Crippen molar-refractivity contribution in [2.45, 2.75) is 82.0 Å². The van der Waals surface area contributed by atoms with Crippen molar-refractivity contribution in [1.82, 2.24) is 15.2 Å². The van der Waals surface area contributed by atoms with Crippen molar-refractivity contribution >= 4 is 6.03 Å². The van der Waals surface area contributed by atoms with E-state index in [0.29, 0.717) is 18.1 Å². The van der Waals surface area contributed by atoms with Crippen LogP contribution in [-0.4, -0.2) is 40.1 Å². The van der Waals surface area contributed by atoms with Crippen molar-refractivity contribution in [3.05, 3.63) is 24.5 Å². The lowest BCUT2D eigenvalue weighted by Crippen LogP contribution is -2.54. The minimum absolute atomic E-state index is 0.161. The fraction of sp³-hybridized carbons (Fsp3) is 0.684. The van der Waals surface area contributed by atoms with Gasteiger partial charge in [0.05, 0.1) is 6.20 Å². The molecule has 1 saturated carbocycles. The highest BCUT2D eigenvalue weighted by atomic mass is 16.5. The van der Waals surface area contributed by atoms with E-state index in [1.807, 2.05) is 12.1 Å². The van der Waals surface area contributed by atoms with Crippen molar-refractivity contribution in [2.75, 3.05) is 0 Å². The van der Waals surface area contributed by atoms with Crippen LogP contribution in [0.3, 0.4) is 0 Å². The second kappa shape index (κ2) is 6.99. The summed E-state index contributed by atoms with van der Waals surface area (Å²) < 4.78 is 6.09. The first kappa shape index (κ1) is 15.7. The number of nitrogens with one attached hydrogen (secondary N) is 1. The van der Waals surface area contributed by atoms with E-state index in [-0.39, 0.29) is 12.1 Å². The molecule has 2 saturated heterocycles. The SMILES string of the molecule is O=C(NC1CCCCC1)N1C2CCC1CC(Oc1cccnc1)C2. The highest BCUT2D eigenvalue weighted by Gasteiger charge is 2.44. The van der Waals surface area contributed by atoms with Crippen molar-refractivity contribution in [2.24, 2.45) is 0 Å². The smallest absolute Gasteiger partial charge is 0.318 e. The highest BCUT2D eigenvalue weighted by Crippen LogP contribution is 2.37. The molecule has 3 fully saturated rings. The number of carbonyl (C=O) groups excluding carboxylic acids is 1. The fourth-order valence-corrected chi connectivity index (χ4v) is 4.66. The molecule has 5 nitrogen and oxygen atoms in total. The zero-order valence-corrected chi connectivity index (χ0v) is 14.2. The average molecular weight is 329 g/mol. The summed E-state index contributed by atoms with van der Waals surface area (Å²) in [6, 6.07) is 5.06. The van der Waals surface area contributed by atoms with Crippen LogP contribution in [0.15, 0.2) is 24.5 Å². The summed E-state index contributed by atoms with van der Waals surface area (Å²) in [5.41, 5.74) is 0. The Morgan fingerprint density at radius 2 is 1.88 bits per heavy atom. The zero-order valence-electron chi connectivity index (χ0n) is 14.2. The van der Waals surface area contributed by atoms with Gasteiger partial charge >= 0.3 is 6.03 Å². The average Bonchev–Trinajstić information content (AvgIpc) is 2.88. The molecule has 0 spiro atoms. The summed E-state index contributed by atoms with van der Waals surface area (Å²) in [5.74, 6) is 0.835. The molecular formula is C19H27N3O2. The predicted molar refractivity (Wildman–Crippen MR) is 91.9 cm³/mol. The molecule has 2 bridgehead atoms. The van der Waals surface area contributed by atoms with Gasteiger partial charge in [0.2, 0.25) is 0 Å². The maximum atomic E-state index is 12.8. The second-order valence-electron chi connectivity index (χ2n) is 7.48. The summed E-state index contributed by atoms with van der Waals surface area (Å²) >= 11 is 0. The molecule has 4 rings (SSSR count). The van der Waals surface area contributed by atoms with Crippen molar-refractivity contribution in [3.63, 3.8) is 0 Å². The summed E-state index contributed by atoms with van der Waals surface area (Å²) in [4.78, 5) is 19.0. The molecule has 5 heteroatoms. The van der Waals surface area contributed by atoms with E-state index in [4.69, 9.17) is 4.74 Å². The van der Waals surface area contributed by atoms with E-state index in [0.717, 1.165) is 44.3 Å². The van der Waals surface area contributed by atoms with Crippen LogP contribution in [0, 0.1) is 0 Å². The molecule has 1 N–H and O–H groups in total. The van der Waals surface area contributed by atoms with E-state index < -0.39 is 0 Å². The molecule has 0 aromatic carbocycles. The molecular weight excluding hydrogens is 302 g/mol. The quantitative estimate of drug-likeness (QED) is 0.923. The Hall–Kier alpha value is -1.78. The van der Waals surface area contributed by atoms with Gasteiger partial charge in [0.25, 0.3) is 0 Å². The van der Waals surface area contributed by atoms with Gasteiger partial charge in [-0.3, -0.25) is 4.98 Å². The summed E-state index contributed by atoms with van der Waals surface area (Å²) in [5, 5.41) is 3.29. The number of ether oxygens (including phenoxy) is 1. The Labute approximate surface area is 143 Å². The van der Waals surface area contributed by atoms with Crippen LogP contribution in [-0.2, 0) is 0 Å². The number of piperidine rings is 1. The number of amides is 2. The number of aromatic nitrogens is 1. The molecule has 2 aliphatic heterocycles. The molecule has 2 atom stereocenters. The molecule has 1 aromatic heterocycles. The van der Waals surface area contributed by atoms with Crippen LogP contribution >= 0.6 is 0 Å². The number of pyridine rings is 1. The molecule has 0 radical (unpaired) electrons. The molecule has 1 aromatic rings. The number of urea groups is 1. The third-order valence-electron chi connectivity index (χ3n) is 5.79. The Bertz CT molecular complexity index is 545. The monoisotopic (exact) mass is 329 g/mol. The largest absolute Gasteiger partial charge is 0.489 e.